The standard InChI is InChI=1S/C15H18N2O6/c1-15(2,3)23-14(19)16-11(12(16)13(18)22-4)9-6-5-7-10(8-9)17(20)21/h5-8,11-12H,1-4H3/t11-,12+,16?/m1/s1. The fourth-order valence-electron chi connectivity index (χ4n) is 2.30. The van der Waals surface area contributed by atoms with Gasteiger partial charge in [-0.15, -0.1) is 0 Å². The van der Waals surface area contributed by atoms with Gasteiger partial charge >= 0.3 is 12.1 Å². The Balaban J connectivity index is 2.28. The molecular weight excluding hydrogens is 304 g/mol. The van der Waals surface area contributed by atoms with E-state index < -0.39 is 34.7 Å². The molecule has 1 heterocycles. The summed E-state index contributed by atoms with van der Waals surface area (Å²) in [5, 5.41) is 10.9. The van der Waals surface area contributed by atoms with Crippen LogP contribution in [0.15, 0.2) is 24.3 Å². The van der Waals surface area contributed by atoms with Crippen LogP contribution in [0, 0.1) is 10.1 Å². The SMILES string of the molecule is COC(=O)[C@@H]1[C@@H](c2cccc([N+](=O)[O-])c2)N1C(=O)OC(C)(C)C. The molecule has 1 fully saturated rings. The highest BCUT2D eigenvalue weighted by molar-refractivity contribution is 5.88. The second kappa shape index (κ2) is 5.86. The molecule has 1 aliphatic heterocycles. The van der Waals surface area contributed by atoms with Crippen LogP contribution < -0.4 is 0 Å². The van der Waals surface area contributed by atoms with Crippen LogP contribution in [0.25, 0.3) is 0 Å². The summed E-state index contributed by atoms with van der Waals surface area (Å²) in [5.41, 5.74) is -0.337. The van der Waals surface area contributed by atoms with Gasteiger partial charge in [-0.05, 0) is 26.3 Å². The average molecular weight is 322 g/mol. The number of carbonyl (C=O) groups is 2. The summed E-state index contributed by atoms with van der Waals surface area (Å²) in [5.74, 6) is -0.590. The summed E-state index contributed by atoms with van der Waals surface area (Å²) in [7, 11) is 1.22. The van der Waals surface area contributed by atoms with Crippen LogP contribution >= 0.6 is 0 Å². The van der Waals surface area contributed by atoms with E-state index in [-0.39, 0.29) is 5.69 Å². The maximum atomic E-state index is 12.2. The Morgan fingerprint density at radius 1 is 1.30 bits per heavy atom. The third-order valence-electron chi connectivity index (χ3n) is 3.28. The minimum absolute atomic E-state index is 0.109. The molecule has 2 rings (SSSR count). The molecule has 23 heavy (non-hydrogen) atoms. The van der Waals surface area contributed by atoms with Gasteiger partial charge in [0.05, 0.1) is 18.1 Å². The summed E-state index contributed by atoms with van der Waals surface area (Å²) < 4.78 is 9.95. The van der Waals surface area contributed by atoms with Gasteiger partial charge in [-0.3, -0.25) is 15.0 Å². The van der Waals surface area contributed by atoms with Crippen LogP contribution in [0.2, 0.25) is 0 Å². The van der Waals surface area contributed by atoms with Crippen molar-refractivity contribution in [1.29, 1.82) is 0 Å². The Kier molecular flexibility index (Phi) is 4.26. The molecule has 0 N–H and O–H groups in total. The van der Waals surface area contributed by atoms with Crippen molar-refractivity contribution >= 4 is 17.7 Å². The molecule has 0 aliphatic carbocycles. The smallest absolute Gasteiger partial charge is 0.411 e. The number of nitro groups is 1. The minimum atomic E-state index is -0.836. The zero-order valence-electron chi connectivity index (χ0n) is 13.3. The van der Waals surface area contributed by atoms with E-state index in [0.717, 1.165) is 0 Å². The van der Waals surface area contributed by atoms with E-state index in [0.29, 0.717) is 5.56 Å². The lowest BCUT2D eigenvalue weighted by atomic mass is 10.1. The molecule has 0 saturated carbocycles. The number of nitro benzene ring substituents is 1. The highest BCUT2D eigenvalue weighted by Gasteiger charge is 2.59. The van der Waals surface area contributed by atoms with Gasteiger partial charge in [0.15, 0.2) is 6.04 Å². The number of esters is 1. The molecule has 0 spiro atoms. The van der Waals surface area contributed by atoms with Crippen molar-refractivity contribution in [1.82, 2.24) is 4.90 Å². The highest BCUT2D eigenvalue weighted by atomic mass is 16.6. The Bertz CT molecular complexity index is 652. The van der Waals surface area contributed by atoms with Crippen LogP contribution in [0.5, 0.6) is 0 Å². The Morgan fingerprint density at radius 3 is 2.48 bits per heavy atom. The van der Waals surface area contributed by atoms with Crippen LogP contribution in [0.3, 0.4) is 0 Å². The van der Waals surface area contributed by atoms with Gasteiger partial charge < -0.3 is 9.47 Å². The molecule has 1 saturated heterocycles. The van der Waals surface area contributed by atoms with E-state index in [9.17, 15) is 19.7 Å². The van der Waals surface area contributed by atoms with Gasteiger partial charge in [0, 0.05) is 12.1 Å². The van der Waals surface area contributed by atoms with Gasteiger partial charge in [-0.25, -0.2) is 9.59 Å². The fraction of sp³-hybridized carbons (Fsp3) is 0.467. The molecule has 0 aromatic heterocycles. The maximum Gasteiger partial charge on any atom is 0.411 e. The zero-order valence-corrected chi connectivity index (χ0v) is 13.3. The Hall–Kier alpha value is -2.64. The van der Waals surface area contributed by atoms with Gasteiger partial charge in [-0.1, -0.05) is 12.1 Å². The molecule has 2 atom stereocenters. The first-order valence-corrected chi connectivity index (χ1v) is 6.99. The predicted octanol–water partition coefficient (Wildman–Crippen LogP) is 2.43. The number of hydrogen-bond acceptors (Lipinski definition) is 6. The van der Waals surface area contributed by atoms with Gasteiger partial charge in [0.1, 0.15) is 5.60 Å². The topological polar surface area (TPSA) is 98.8 Å². The van der Waals surface area contributed by atoms with Crippen molar-refractivity contribution < 1.29 is 24.0 Å². The number of benzene rings is 1. The third kappa shape index (κ3) is 3.58. The molecule has 0 radical (unpaired) electrons. The molecule has 1 aliphatic rings. The number of rotatable bonds is 3. The van der Waals surface area contributed by atoms with Crippen molar-refractivity contribution in [3.63, 3.8) is 0 Å². The maximum absolute atomic E-state index is 12.2. The number of nitrogens with zero attached hydrogens (tertiary/aromatic N) is 2. The molecular formula is C15H18N2O6. The minimum Gasteiger partial charge on any atom is -0.467 e. The van der Waals surface area contributed by atoms with Crippen LogP contribution in [0.4, 0.5) is 10.5 Å². The number of methoxy groups -OCH3 is 1. The number of ether oxygens (including phenoxy) is 2. The average Bonchev–Trinajstić information content (AvgIpc) is 3.20. The quantitative estimate of drug-likeness (QED) is 0.367. The van der Waals surface area contributed by atoms with Crippen molar-refractivity contribution in [2.24, 2.45) is 0 Å². The Morgan fingerprint density at radius 2 is 1.96 bits per heavy atom. The first kappa shape index (κ1) is 16.7. The third-order valence-corrected chi connectivity index (χ3v) is 3.28. The zero-order chi connectivity index (χ0) is 17.4. The van der Waals surface area contributed by atoms with Crippen molar-refractivity contribution in [3.05, 3.63) is 39.9 Å². The molecule has 0 bridgehead atoms. The molecule has 1 aromatic carbocycles. The number of non-ortho nitro benzene ring substituents is 1. The largest absolute Gasteiger partial charge is 0.467 e. The lowest BCUT2D eigenvalue weighted by Gasteiger charge is -2.20. The van der Waals surface area contributed by atoms with E-state index in [1.807, 2.05) is 0 Å². The fourth-order valence-corrected chi connectivity index (χ4v) is 2.30. The van der Waals surface area contributed by atoms with Crippen LogP contribution in [-0.2, 0) is 14.3 Å². The lowest BCUT2D eigenvalue weighted by molar-refractivity contribution is -0.384. The molecule has 1 amide bonds. The van der Waals surface area contributed by atoms with Crippen molar-refractivity contribution in [2.75, 3.05) is 7.11 Å². The monoisotopic (exact) mass is 322 g/mol. The normalized spacial score (nSPS) is 19.9. The lowest BCUT2D eigenvalue weighted by Crippen LogP contribution is -2.29. The predicted molar refractivity (Wildman–Crippen MR) is 79.7 cm³/mol. The van der Waals surface area contributed by atoms with Gasteiger partial charge in [0.2, 0.25) is 0 Å². The van der Waals surface area contributed by atoms with Crippen molar-refractivity contribution in [3.8, 4) is 0 Å². The molecule has 8 nitrogen and oxygen atoms in total. The molecule has 8 heteroatoms. The summed E-state index contributed by atoms with van der Waals surface area (Å²) in [6.45, 7) is 5.14. The van der Waals surface area contributed by atoms with Crippen molar-refractivity contribution in [2.45, 2.75) is 38.5 Å². The van der Waals surface area contributed by atoms with Gasteiger partial charge in [0.25, 0.3) is 5.69 Å². The summed E-state index contributed by atoms with van der Waals surface area (Å²) in [4.78, 5) is 35.6. The molecule has 124 valence electrons. The number of amides is 1. The summed E-state index contributed by atoms with van der Waals surface area (Å²) >= 11 is 0. The van der Waals surface area contributed by atoms with E-state index >= 15 is 0 Å². The van der Waals surface area contributed by atoms with Crippen LogP contribution in [-0.4, -0.2) is 40.6 Å². The summed E-state index contributed by atoms with van der Waals surface area (Å²) in [6.07, 6.45) is -0.663. The first-order chi connectivity index (χ1) is 10.7. The molecule has 1 aromatic rings. The van der Waals surface area contributed by atoms with Gasteiger partial charge in [-0.2, -0.15) is 0 Å². The Labute approximate surface area is 133 Å². The first-order valence-electron chi connectivity index (χ1n) is 6.99. The molecule has 0 unspecified atom stereocenters. The van der Waals surface area contributed by atoms with E-state index in [1.54, 1.807) is 26.8 Å². The van der Waals surface area contributed by atoms with E-state index in [4.69, 9.17) is 9.47 Å². The van der Waals surface area contributed by atoms with E-state index in [2.05, 4.69) is 0 Å². The number of hydrogen-bond donors (Lipinski definition) is 0. The number of carbonyl (C=O) groups excluding carboxylic acids is 2. The summed E-state index contributed by atoms with van der Waals surface area (Å²) in [6, 6.07) is 4.35. The van der Waals surface area contributed by atoms with Crippen LogP contribution in [0.1, 0.15) is 32.4 Å². The second-order valence-corrected chi connectivity index (χ2v) is 6.15. The van der Waals surface area contributed by atoms with E-state index in [1.165, 1.54) is 30.2 Å². The highest BCUT2D eigenvalue weighted by Crippen LogP contribution is 2.45. The second-order valence-electron chi connectivity index (χ2n) is 6.15.